The third kappa shape index (κ3) is 7.73. The molecule has 4 rings (SSSR count). The highest BCUT2D eigenvalue weighted by Gasteiger charge is 2.31. The molecule has 1 amide bonds. The van der Waals surface area contributed by atoms with Crippen LogP contribution in [0.5, 0.6) is 5.75 Å². The number of aryl methyl sites for hydroxylation is 1. The number of para-hydroxylation sites is 1. The standard InChI is InChI=1S/C32H42N4O3/c1-6-19-36-20-11-10-16-27(36)29(24-13-8-7-9-14-24)35-26-22-23(2)34-30-25(26)15-12-17-28(30)38-21-18-33-31(37)39-32(3,4)5/h6-9,12-15,17,22,27,29H,1,10-11,16,18-21H2,2-5H3,(H,33,37)(H,34,35)/t27-,29?/m0/s1. The lowest BCUT2D eigenvalue weighted by Gasteiger charge is -2.41. The third-order valence-electron chi connectivity index (χ3n) is 6.84. The summed E-state index contributed by atoms with van der Waals surface area (Å²) in [6.45, 7) is 14.1. The van der Waals surface area contributed by atoms with Crippen molar-refractivity contribution in [2.45, 2.75) is 64.6 Å². The number of ether oxygens (including phenoxy) is 2. The molecule has 1 unspecified atom stereocenters. The number of fused-ring (bicyclic) bond motifs is 1. The summed E-state index contributed by atoms with van der Waals surface area (Å²) in [5, 5.41) is 7.67. The lowest BCUT2D eigenvalue weighted by molar-refractivity contribution is 0.0520. The van der Waals surface area contributed by atoms with E-state index in [1.807, 2.05) is 45.9 Å². The number of likely N-dealkylation sites (tertiary alicyclic amines) is 1. The number of nitrogens with one attached hydrogen (secondary N) is 2. The fourth-order valence-corrected chi connectivity index (χ4v) is 5.23. The number of piperidine rings is 1. The van der Waals surface area contributed by atoms with Crippen molar-refractivity contribution in [2.75, 3.05) is 31.6 Å². The first kappa shape index (κ1) is 28.4. The molecule has 0 bridgehead atoms. The zero-order valence-corrected chi connectivity index (χ0v) is 23.7. The van der Waals surface area contributed by atoms with E-state index in [9.17, 15) is 4.79 Å². The van der Waals surface area contributed by atoms with Gasteiger partial charge in [0.25, 0.3) is 0 Å². The summed E-state index contributed by atoms with van der Waals surface area (Å²) < 4.78 is 11.4. The molecule has 0 radical (unpaired) electrons. The van der Waals surface area contributed by atoms with Crippen molar-refractivity contribution in [3.63, 3.8) is 0 Å². The maximum absolute atomic E-state index is 12.0. The smallest absolute Gasteiger partial charge is 0.407 e. The van der Waals surface area contributed by atoms with E-state index in [-0.39, 0.29) is 6.04 Å². The maximum atomic E-state index is 12.0. The molecule has 0 saturated carbocycles. The van der Waals surface area contributed by atoms with E-state index in [2.05, 4.69) is 64.6 Å². The molecule has 2 N–H and O–H groups in total. The molecule has 208 valence electrons. The highest BCUT2D eigenvalue weighted by molar-refractivity contribution is 5.95. The summed E-state index contributed by atoms with van der Waals surface area (Å²) >= 11 is 0. The molecule has 1 aromatic heterocycles. The molecule has 1 aliphatic heterocycles. The largest absolute Gasteiger partial charge is 0.489 e. The number of nitrogens with zero attached hydrogens (tertiary/aromatic N) is 2. The van der Waals surface area contributed by atoms with Gasteiger partial charge in [-0.2, -0.15) is 0 Å². The van der Waals surface area contributed by atoms with Crippen LogP contribution in [0.15, 0.2) is 67.3 Å². The number of amides is 1. The molecular formula is C32H42N4O3. The van der Waals surface area contributed by atoms with Crippen LogP contribution in [0.3, 0.4) is 0 Å². The van der Waals surface area contributed by atoms with E-state index in [4.69, 9.17) is 14.5 Å². The van der Waals surface area contributed by atoms with E-state index in [0.29, 0.717) is 24.9 Å². The SMILES string of the molecule is C=CCN1CCCC[C@H]1C(Nc1cc(C)nc2c(OCCNC(=O)OC(C)(C)C)cccc12)c1ccccc1. The number of carbonyl (C=O) groups is 1. The van der Waals surface area contributed by atoms with Gasteiger partial charge in [0.15, 0.2) is 0 Å². The molecule has 0 spiro atoms. The van der Waals surface area contributed by atoms with Gasteiger partial charge in [0.2, 0.25) is 0 Å². The zero-order chi connectivity index (χ0) is 27.8. The monoisotopic (exact) mass is 530 g/mol. The van der Waals surface area contributed by atoms with Crippen LogP contribution in [0, 0.1) is 6.92 Å². The van der Waals surface area contributed by atoms with Crippen LogP contribution in [0.2, 0.25) is 0 Å². The minimum atomic E-state index is -0.538. The average Bonchev–Trinajstić information content (AvgIpc) is 2.90. The van der Waals surface area contributed by atoms with Gasteiger partial charge in [-0.1, -0.05) is 55.0 Å². The van der Waals surface area contributed by atoms with E-state index in [1.54, 1.807) is 0 Å². The summed E-state index contributed by atoms with van der Waals surface area (Å²) in [7, 11) is 0. The lowest BCUT2D eigenvalue weighted by atomic mass is 9.90. The van der Waals surface area contributed by atoms with Gasteiger partial charge in [-0.3, -0.25) is 4.90 Å². The number of carbonyl (C=O) groups excluding carboxylic acids is 1. The van der Waals surface area contributed by atoms with E-state index in [0.717, 1.165) is 41.8 Å². The van der Waals surface area contributed by atoms with E-state index >= 15 is 0 Å². The summed E-state index contributed by atoms with van der Waals surface area (Å²) in [5.41, 5.74) is 3.47. The molecule has 2 atom stereocenters. The van der Waals surface area contributed by atoms with Gasteiger partial charge >= 0.3 is 6.09 Å². The molecule has 3 aromatic rings. The van der Waals surface area contributed by atoms with Crippen LogP contribution < -0.4 is 15.4 Å². The number of hydrogen-bond acceptors (Lipinski definition) is 6. The summed E-state index contributed by atoms with van der Waals surface area (Å²) in [6.07, 6.45) is 5.11. The Labute approximate surface area is 232 Å². The maximum Gasteiger partial charge on any atom is 0.407 e. The fourth-order valence-electron chi connectivity index (χ4n) is 5.23. The molecule has 0 aliphatic carbocycles. The first-order valence-corrected chi connectivity index (χ1v) is 13.9. The van der Waals surface area contributed by atoms with Crippen molar-refractivity contribution >= 4 is 22.7 Å². The van der Waals surface area contributed by atoms with Crippen LogP contribution in [-0.2, 0) is 4.74 Å². The Morgan fingerprint density at radius 3 is 2.72 bits per heavy atom. The van der Waals surface area contributed by atoms with Crippen LogP contribution in [-0.4, -0.2) is 53.9 Å². The second-order valence-electron chi connectivity index (χ2n) is 11.1. The van der Waals surface area contributed by atoms with Gasteiger partial charge in [0.1, 0.15) is 23.5 Å². The van der Waals surface area contributed by atoms with E-state index in [1.165, 1.54) is 18.4 Å². The number of hydrogen-bond donors (Lipinski definition) is 2. The van der Waals surface area contributed by atoms with Crippen molar-refractivity contribution in [3.8, 4) is 5.75 Å². The van der Waals surface area contributed by atoms with Crippen LogP contribution in [0.25, 0.3) is 10.9 Å². The highest BCUT2D eigenvalue weighted by atomic mass is 16.6. The summed E-state index contributed by atoms with van der Waals surface area (Å²) in [6, 6.07) is 19.3. The Morgan fingerprint density at radius 2 is 1.97 bits per heavy atom. The van der Waals surface area contributed by atoms with Gasteiger partial charge in [0.05, 0.1) is 12.6 Å². The number of aromatic nitrogens is 1. The van der Waals surface area contributed by atoms with Gasteiger partial charge in [0, 0.05) is 29.4 Å². The van der Waals surface area contributed by atoms with Gasteiger partial charge in [-0.05, 0) is 64.8 Å². The molecule has 7 heteroatoms. The van der Waals surface area contributed by atoms with Gasteiger partial charge in [-0.15, -0.1) is 6.58 Å². The van der Waals surface area contributed by atoms with Crippen LogP contribution >= 0.6 is 0 Å². The van der Waals surface area contributed by atoms with Crippen molar-refractivity contribution in [1.82, 2.24) is 15.2 Å². The van der Waals surface area contributed by atoms with Gasteiger partial charge in [-0.25, -0.2) is 9.78 Å². The molecule has 2 aromatic carbocycles. The minimum absolute atomic E-state index is 0.110. The second-order valence-corrected chi connectivity index (χ2v) is 11.1. The number of pyridine rings is 1. The zero-order valence-electron chi connectivity index (χ0n) is 23.7. The highest BCUT2D eigenvalue weighted by Crippen LogP contribution is 2.36. The van der Waals surface area contributed by atoms with Crippen molar-refractivity contribution in [2.24, 2.45) is 0 Å². The van der Waals surface area contributed by atoms with E-state index < -0.39 is 11.7 Å². The number of benzene rings is 2. The normalized spacial score (nSPS) is 16.9. The van der Waals surface area contributed by atoms with Gasteiger partial charge < -0.3 is 20.1 Å². The molecule has 39 heavy (non-hydrogen) atoms. The first-order valence-electron chi connectivity index (χ1n) is 13.9. The molecular weight excluding hydrogens is 488 g/mol. The predicted molar refractivity (Wildman–Crippen MR) is 158 cm³/mol. The molecule has 2 heterocycles. The number of alkyl carbamates (subject to hydrolysis) is 1. The van der Waals surface area contributed by atoms with Crippen LogP contribution in [0.1, 0.15) is 57.3 Å². The Hall–Kier alpha value is -3.58. The minimum Gasteiger partial charge on any atom is -0.489 e. The third-order valence-corrected chi connectivity index (χ3v) is 6.84. The molecule has 1 fully saturated rings. The topological polar surface area (TPSA) is 75.7 Å². The Kier molecular flexibility index (Phi) is 9.46. The Bertz CT molecular complexity index is 1260. The van der Waals surface area contributed by atoms with Crippen LogP contribution in [0.4, 0.5) is 10.5 Å². The summed E-state index contributed by atoms with van der Waals surface area (Å²) in [5.74, 6) is 0.687. The first-order chi connectivity index (χ1) is 18.7. The predicted octanol–water partition coefficient (Wildman–Crippen LogP) is 6.64. The van der Waals surface area contributed by atoms with Crippen molar-refractivity contribution in [1.29, 1.82) is 0 Å². The Balaban J connectivity index is 1.58. The molecule has 1 aliphatic rings. The number of rotatable bonds is 10. The second kappa shape index (κ2) is 13.0. The molecule has 1 saturated heterocycles. The lowest BCUT2D eigenvalue weighted by Crippen LogP contribution is -2.45. The van der Waals surface area contributed by atoms with Crippen molar-refractivity contribution in [3.05, 3.63) is 78.5 Å². The molecule has 7 nitrogen and oxygen atoms in total. The van der Waals surface area contributed by atoms with Crippen molar-refractivity contribution < 1.29 is 14.3 Å². The summed E-state index contributed by atoms with van der Waals surface area (Å²) in [4.78, 5) is 19.3. The Morgan fingerprint density at radius 1 is 1.18 bits per heavy atom. The quantitative estimate of drug-likeness (QED) is 0.226. The average molecular weight is 531 g/mol. The number of anilines is 1. The fraction of sp³-hybridized carbons (Fsp3) is 0.438.